The molecule has 0 spiro atoms. The average Bonchev–Trinajstić information content (AvgIpc) is 2.65. The minimum atomic E-state index is -3.56. The number of nitrogens with one attached hydrogen (secondary N) is 1. The fourth-order valence-electron chi connectivity index (χ4n) is 2.92. The van der Waals surface area contributed by atoms with Gasteiger partial charge in [-0.25, -0.2) is 8.42 Å². The predicted octanol–water partition coefficient (Wildman–Crippen LogP) is 2.38. The molecule has 7 nitrogen and oxygen atoms in total. The van der Waals surface area contributed by atoms with Gasteiger partial charge >= 0.3 is 0 Å². The largest absolute Gasteiger partial charge is 0.369 e. The van der Waals surface area contributed by atoms with Gasteiger partial charge in [-0.2, -0.15) is 4.31 Å². The minimum absolute atomic E-state index is 0.272. The Bertz CT molecular complexity index is 865. The molecule has 26 heavy (non-hydrogen) atoms. The molecule has 0 amide bonds. The van der Waals surface area contributed by atoms with Crippen LogP contribution in [0.15, 0.2) is 35.2 Å². The Morgan fingerprint density at radius 3 is 2.46 bits per heavy atom. The van der Waals surface area contributed by atoms with E-state index in [9.17, 15) is 8.42 Å². The summed E-state index contributed by atoms with van der Waals surface area (Å²) in [6.45, 7) is 6.48. The lowest BCUT2D eigenvalue weighted by atomic mass is 10.2. The molecule has 140 valence electrons. The number of aromatic nitrogens is 2. The summed E-state index contributed by atoms with van der Waals surface area (Å²) in [5.74, 6) is 1.48. The molecule has 0 atom stereocenters. The minimum Gasteiger partial charge on any atom is -0.369 e. The zero-order valence-electron chi connectivity index (χ0n) is 14.8. The van der Waals surface area contributed by atoms with E-state index in [1.807, 2.05) is 24.0 Å². The van der Waals surface area contributed by atoms with E-state index in [2.05, 4.69) is 15.5 Å². The number of aryl methyl sites for hydroxylation is 1. The topological polar surface area (TPSA) is 78.4 Å². The molecule has 3 rings (SSSR count). The second-order valence-electron chi connectivity index (χ2n) is 6.11. The quantitative estimate of drug-likeness (QED) is 0.837. The van der Waals surface area contributed by atoms with Crippen molar-refractivity contribution in [3.05, 3.63) is 40.9 Å². The molecule has 1 aliphatic heterocycles. The van der Waals surface area contributed by atoms with Gasteiger partial charge in [-0.1, -0.05) is 17.7 Å². The summed E-state index contributed by atoms with van der Waals surface area (Å²) < 4.78 is 27.4. The van der Waals surface area contributed by atoms with Gasteiger partial charge in [-0.3, -0.25) is 0 Å². The summed E-state index contributed by atoms with van der Waals surface area (Å²) in [4.78, 5) is 2.31. The molecule has 2 heterocycles. The predicted molar refractivity (Wildman–Crippen MR) is 103 cm³/mol. The Kier molecular flexibility index (Phi) is 5.64. The van der Waals surface area contributed by atoms with E-state index in [-0.39, 0.29) is 4.90 Å². The average molecular weight is 396 g/mol. The van der Waals surface area contributed by atoms with Gasteiger partial charge in [0.25, 0.3) is 0 Å². The number of halogens is 1. The molecule has 2 aromatic rings. The van der Waals surface area contributed by atoms with Crippen molar-refractivity contribution in [1.29, 1.82) is 0 Å². The van der Waals surface area contributed by atoms with Crippen molar-refractivity contribution in [2.45, 2.75) is 18.7 Å². The Balaban J connectivity index is 1.70. The van der Waals surface area contributed by atoms with Gasteiger partial charge in [0, 0.05) is 37.7 Å². The van der Waals surface area contributed by atoms with Crippen molar-refractivity contribution in [3.63, 3.8) is 0 Å². The first-order valence-corrected chi connectivity index (χ1v) is 10.3. The van der Waals surface area contributed by atoms with E-state index >= 15 is 0 Å². The summed E-state index contributed by atoms with van der Waals surface area (Å²) in [6, 6.07) is 8.72. The second kappa shape index (κ2) is 7.77. The highest BCUT2D eigenvalue weighted by molar-refractivity contribution is 7.89. The SMILES string of the molecule is CCNc1ccc(N2CCN(S(=O)(=O)c3cc(Cl)ccc3C)CC2)nn1. The van der Waals surface area contributed by atoms with Gasteiger partial charge in [0.05, 0.1) is 4.90 Å². The molecule has 0 unspecified atom stereocenters. The molecule has 1 aliphatic rings. The Morgan fingerprint density at radius 2 is 1.85 bits per heavy atom. The number of anilines is 2. The molecule has 1 N–H and O–H groups in total. The molecule has 1 saturated heterocycles. The van der Waals surface area contributed by atoms with Crippen molar-refractivity contribution in [3.8, 4) is 0 Å². The van der Waals surface area contributed by atoms with Crippen LogP contribution in [0, 0.1) is 6.92 Å². The highest BCUT2D eigenvalue weighted by atomic mass is 35.5. The van der Waals surface area contributed by atoms with Gasteiger partial charge in [0.1, 0.15) is 5.82 Å². The number of nitrogens with zero attached hydrogens (tertiary/aromatic N) is 4. The molecule has 0 radical (unpaired) electrons. The molecular weight excluding hydrogens is 374 g/mol. The smallest absolute Gasteiger partial charge is 0.243 e. The van der Waals surface area contributed by atoms with Crippen LogP contribution in [-0.2, 0) is 10.0 Å². The molecule has 0 aliphatic carbocycles. The monoisotopic (exact) mass is 395 g/mol. The zero-order valence-corrected chi connectivity index (χ0v) is 16.4. The van der Waals surface area contributed by atoms with Gasteiger partial charge in [0.2, 0.25) is 10.0 Å². The summed E-state index contributed by atoms with van der Waals surface area (Å²) in [5.41, 5.74) is 0.696. The number of hydrogen-bond acceptors (Lipinski definition) is 6. The van der Waals surface area contributed by atoms with Crippen LogP contribution in [0.25, 0.3) is 0 Å². The number of benzene rings is 1. The van der Waals surface area contributed by atoms with E-state index in [0.717, 1.165) is 18.2 Å². The van der Waals surface area contributed by atoms with Gasteiger partial charge in [0.15, 0.2) is 5.82 Å². The highest BCUT2D eigenvalue weighted by Crippen LogP contribution is 2.25. The van der Waals surface area contributed by atoms with Crippen LogP contribution >= 0.6 is 11.6 Å². The van der Waals surface area contributed by atoms with E-state index in [1.54, 1.807) is 19.1 Å². The molecule has 1 fully saturated rings. The molecular formula is C17H22ClN5O2S. The van der Waals surface area contributed by atoms with Crippen LogP contribution in [0.4, 0.5) is 11.6 Å². The van der Waals surface area contributed by atoms with Gasteiger partial charge in [-0.05, 0) is 43.7 Å². The van der Waals surface area contributed by atoms with Gasteiger partial charge in [-0.15, -0.1) is 10.2 Å². The Hall–Kier alpha value is -1.90. The van der Waals surface area contributed by atoms with Crippen molar-refractivity contribution in [2.24, 2.45) is 0 Å². The van der Waals surface area contributed by atoms with E-state index in [1.165, 1.54) is 10.4 Å². The normalized spacial score (nSPS) is 15.9. The molecule has 1 aromatic carbocycles. The fraction of sp³-hybridized carbons (Fsp3) is 0.412. The maximum atomic E-state index is 12.9. The van der Waals surface area contributed by atoms with Crippen molar-refractivity contribution < 1.29 is 8.42 Å². The Morgan fingerprint density at radius 1 is 1.12 bits per heavy atom. The maximum Gasteiger partial charge on any atom is 0.243 e. The third-order valence-corrected chi connectivity index (χ3v) is 6.61. The number of sulfonamides is 1. The lowest BCUT2D eigenvalue weighted by molar-refractivity contribution is 0.383. The zero-order chi connectivity index (χ0) is 18.7. The molecule has 1 aromatic heterocycles. The van der Waals surface area contributed by atoms with Crippen molar-refractivity contribution in [1.82, 2.24) is 14.5 Å². The third-order valence-electron chi connectivity index (χ3n) is 4.34. The first-order valence-electron chi connectivity index (χ1n) is 8.50. The summed E-state index contributed by atoms with van der Waals surface area (Å²) in [5, 5.41) is 11.9. The highest BCUT2D eigenvalue weighted by Gasteiger charge is 2.30. The summed E-state index contributed by atoms with van der Waals surface area (Å²) in [7, 11) is -3.56. The second-order valence-corrected chi connectivity index (χ2v) is 8.45. The standard InChI is InChI=1S/C17H22ClN5O2S/c1-3-19-16-6-7-17(21-20-16)22-8-10-23(11-9-22)26(24,25)15-12-14(18)5-4-13(15)2/h4-7,12H,3,8-11H2,1-2H3,(H,19,20). The van der Waals surface area contributed by atoms with Crippen LogP contribution < -0.4 is 10.2 Å². The van der Waals surface area contributed by atoms with Crippen LogP contribution in [0.5, 0.6) is 0 Å². The van der Waals surface area contributed by atoms with Crippen LogP contribution in [0.3, 0.4) is 0 Å². The summed E-state index contributed by atoms with van der Waals surface area (Å²) in [6.07, 6.45) is 0. The van der Waals surface area contributed by atoms with Crippen LogP contribution in [0.2, 0.25) is 5.02 Å². The molecule has 0 saturated carbocycles. The van der Waals surface area contributed by atoms with E-state index in [4.69, 9.17) is 11.6 Å². The lowest BCUT2D eigenvalue weighted by Crippen LogP contribution is -2.49. The van der Waals surface area contributed by atoms with Crippen LogP contribution in [0.1, 0.15) is 12.5 Å². The molecule has 0 bridgehead atoms. The van der Waals surface area contributed by atoms with E-state index in [0.29, 0.717) is 36.8 Å². The Labute approximate surface area is 159 Å². The number of hydrogen-bond donors (Lipinski definition) is 1. The van der Waals surface area contributed by atoms with Crippen molar-refractivity contribution >= 4 is 33.3 Å². The summed E-state index contributed by atoms with van der Waals surface area (Å²) >= 11 is 5.99. The first-order chi connectivity index (χ1) is 12.4. The maximum absolute atomic E-state index is 12.9. The van der Waals surface area contributed by atoms with Gasteiger partial charge < -0.3 is 10.2 Å². The first kappa shape index (κ1) is 18.9. The number of piperazine rings is 1. The number of rotatable bonds is 5. The fourth-order valence-corrected chi connectivity index (χ4v) is 4.83. The van der Waals surface area contributed by atoms with E-state index < -0.39 is 10.0 Å². The third kappa shape index (κ3) is 3.92. The van der Waals surface area contributed by atoms with Crippen LogP contribution in [-0.4, -0.2) is 55.6 Å². The molecule has 9 heteroatoms. The lowest BCUT2D eigenvalue weighted by Gasteiger charge is -2.34. The van der Waals surface area contributed by atoms with Crippen molar-refractivity contribution in [2.75, 3.05) is 42.9 Å².